The first-order chi connectivity index (χ1) is 12.7. The van der Waals surface area contributed by atoms with Gasteiger partial charge in [0.1, 0.15) is 0 Å². The van der Waals surface area contributed by atoms with Gasteiger partial charge in [0.2, 0.25) is 0 Å². The van der Waals surface area contributed by atoms with E-state index in [2.05, 4.69) is 29.2 Å². The van der Waals surface area contributed by atoms with Gasteiger partial charge in [0.05, 0.1) is 28.1 Å². The molecule has 2 heterocycles. The number of carbonyl (C=O) groups excluding carboxylic acids is 1. The monoisotopic (exact) mass is 367 g/mol. The van der Waals surface area contributed by atoms with Crippen molar-refractivity contribution in [3.8, 4) is 11.3 Å². The molecule has 0 aliphatic heterocycles. The molecule has 0 unspecified atom stereocenters. The van der Waals surface area contributed by atoms with Crippen molar-refractivity contribution >= 4 is 27.5 Å². The summed E-state index contributed by atoms with van der Waals surface area (Å²) in [5.74, 6) is 0.355. The minimum atomic E-state index is -0.215. The Morgan fingerprint density at radius 1 is 1.19 bits per heavy atom. The Morgan fingerprint density at radius 2 is 1.92 bits per heavy atom. The molecule has 1 aliphatic rings. The van der Waals surface area contributed by atoms with Crippen molar-refractivity contribution in [2.45, 2.75) is 51.9 Å². The third-order valence-electron chi connectivity index (χ3n) is 5.40. The van der Waals surface area contributed by atoms with Gasteiger partial charge in [-0.05, 0) is 43.7 Å². The van der Waals surface area contributed by atoms with Crippen LogP contribution in [0.3, 0.4) is 0 Å². The summed E-state index contributed by atoms with van der Waals surface area (Å²) < 4.78 is 6.57. The number of rotatable bonds is 4. The van der Waals surface area contributed by atoms with E-state index < -0.39 is 0 Å². The number of esters is 1. The second-order valence-corrected chi connectivity index (χ2v) is 8.30. The number of nitrogens with one attached hydrogen (secondary N) is 1. The Hall–Kier alpha value is -2.07. The summed E-state index contributed by atoms with van der Waals surface area (Å²) in [4.78, 5) is 17.2. The topological polar surface area (TPSA) is 42.1 Å². The number of aromatic amines is 1. The molecule has 1 aliphatic carbocycles. The lowest BCUT2D eigenvalue weighted by Gasteiger charge is -2.22. The van der Waals surface area contributed by atoms with E-state index in [4.69, 9.17) is 4.74 Å². The number of fused-ring (bicyclic) bond motifs is 1. The van der Waals surface area contributed by atoms with Crippen molar-refractivity contribution in [1.82, 2.24) is 4.98 Å². The average molecular weight is 368 g/mol. The van der Waals surface area contributed by atoms with Crippen molar-refractivity contribution in [3.05, 3.63) is 46.3 Å². The fraction of sp³-hybridized carbons (Fsp3) is 0.409. The third-order valence-corrected chi connectivity index (χ3v) is 6.54. The number of H-pyrrole nitrogens is 1. The molecule has 1 aromatic carbocycles. The molecule has 4 heteroatoms. The average Bonchev–Trinajstić information content (AvgIpc) is 3.17. The molecular formula is C22H25NO2S. The van der Waals surface area contributed by atoms with Crippen molar-refractivity contribution in [2.24, 2.45) is 0 Å². The molecule has 2 aromatic heterocycles. The van der Waals surface area contributed by atoms with Crippen LogP contribution in [0.25, 0.3) is 21.5 Å². The van der Waals surface area contributed by atoms with Gasteiger partial charge in [-0.25, -0.2) is 4.79 Å². The Balaban J connectivity index is 1.93. The highest BCUT2D eigenvalue weighted by molar-refractivity contribution is 7.19. The minimum absolute atomic E-state index is 0.215. The molecule has 0 saturated heterocycles. The molecule has 0 atom stereocenters. The van der Waals surface area contributed by atoms with Gasteiger partial charge in [-0.1, -0.05) is 49.6 Å². The SMILES string of the molecule is CCOC(=O)c1c(C)sc2c(C3CCCCC3)c(-c3ccccc3)[nH]c12. The number of thiophene rings is 1. The Bertz CT molecular complexity index is 917. The number of aryl methyl sites for hydroxylation is 1. The Morgan fingerprint density at radius 3 is 2.62 bits per heavy atom. The van der Waals surface area contributed by atoms with E-state index in [-0.39, 0.29) is 5.97 Å². The van der Waals surface area contributed by atoms with Crippen molar-refractivity contribution in [3.63, 3.8) is 0 Å². The van der Waals surface area contributed by atoms with E-state index in [1.165, 1.54) is 53.6 Å². The molecule has 3 aromatic rings. The van der Waals surface area contributed by atoms with Gasteiger partial charge >= 0.3 is 5.97 Å². The molecule has 0 spiro atoms. The van der Waals surface area contributed by atoms with Crippen molar-refractivity contribution in [2.75, 3.05) is 6.61 Å². The second-order valence-electron chi connectivity index (χ2n) is 7.07. The minimum Gasteiger partial charge on any atom is -0.462 e. The molecule has 0 radical (unpaired) electrons. The van der Waals surface area contributed by atoms with Gasteiger partial charge in [0.25, 0.3) is 0 Å². The first-order valence-electron chi connectivity index (χ1n) is 9.58. The largest absolute Gasteiger partial charge is 0.462 e. The van der Waals surface area contributed by atoms with E-state index in [1.54, 1.807) is 11.3 Å². The zero-order chi connectivity index (χ0) is 18.1. The molecule has 1 N–H and O–H groups in total. The highest BCUT2D eigenvalue weighted by Gasteiger charge is 2.28. The lowest BCUT2D eigenvalue weighted by Crippen LogP contribution is -2.05. The zero-order valence-electron chi connectivity index (χ0n) is 15.4. The molecule has 136 valence electrons. The van der Waals surface area contributed by atoms with Gasteiger partial charge < -0.3 is 9.72 Å². The second kappa shape index (κ2) is 7.28. The quantitative estimate of drug-likeness (QED) is 0.540. The molecule has 1 fully saturated rings. The summed E-state index contributed by atoms with van der Waals surface area (Å²) in [7, 11) is 0. The number of hydrogen-bond acceptors (Lipinski definition) is 3. The van der Waals surface area contributed by atoms with E-state index in [0.29, 0.717) is 18.1 Å². The van der Waals surface area contributed by atoms with Crippen molar-refractivity contribution < 1.29 is 9.53 Å². The van der Waals surface area contributed by atoms with Crippen LogP contribution in [0.2, 0.25) is 0 Å². The fourth-order valence-corrected chi connectivity index (χ4v) is 5.45. The maximum atomic E-state index is 12.5. The Kier molecular flexibility index (Phi) is 4.86. The molecule has 3 nitrogen and oxygen atoms in total. The van der Waals surface area contributed by atoms with E-state index in [9.17, 15) is 4.79 Å². The predicted octanol–water partition coefficient (Wildman–Crippen LogP) is 6.43. The van der Waals surface area contributed by atoms with E-state index in [1.807, 2.05) is 19.9 Å². The zero-order valence-corrected chi connectivity index (χ0v) is 16.2. The summed E-state index contributed by atoms with van der Waals surface area (Å²) in [6.07, 6.45) is 6.39. The number of aromatic nitrogens is 1. The maximum absolute atomic E-state index is 12.5. The lowest BCUT2D eigenvalue weighted by atomic mass is 9.83. The normalized spacial score (nSPS) is 15.5. The smallest absolute Gasteiger partial charge is 0.341 e. The van der Waals surface area contributed by atoms with Crippen LogP contribution in [0.5, 0.6) is 0 Å². The van der Waals surface area contributed by atoms with Crippen LogP contribution < -0.4 is 0 Å². The maximum Gasteiger partial charge on any atom is 0.341 e. The number of carbonyl (C=O) groups is 1. The predicted molar refractivity (Wildman–Crippen MR) is 108 cm³/mol. The highest BCUT2D eigenvalue weighted by Crippen LogP contribution is 2.46. The highest BCUT2D eigenvalue weighted by atomic mass is 32.1. The van der Waals surface area contributed by atoms with Gasteiger partial charge in [-0.3, -0.25) is 0 Å². The summed E-state index contributed by atoms with van der Waals surface area (Å²) in [5, 5.41) is 0. The Labute approximate surface area is 158 Å². The standard InChI is InChI=1S/C22H25NO2S/c1-3-25-22(24)17-14(2)26-21-18(15-10-6-4-7-11-15)19(23-20(17)21)16-12-8-5-9-13-16/h5,8-9,12-13,15,23H,3-4,6-7,10-11H2,1-2H3. The van der Waals surface area contributed by atoms with Crippen LogP contribution in [0.1, 0.15) is 65.7 Å². The number of hydrogen-bond donors (Lipinski definition) is 1. The van der Waals surface area contributed by atoms with Crippen LogP contribution in [-0.2, 0) is 4.74 Å². The van der Waals surface area contributed by atoms with Gasteiger partial charge in [0.15, 0.2) is 0 Å². The molecule has 4 rings (SSSR count). The molecular weight excluding hydrogens is 342 g/mol. The van der Waals surface area contributed by atoms with E-state index >= 15 is 0 Å². The van der Waals surface area contributed by atoms with Crippen LogP contribution in [0.4, 0.5) is 0 Å². The van der Waals surface area contributed by atoms with Crippen LogP contribution in [0, 0.1) is 6.92 Å². The van der Waals surface area contributed by atoms with Crippen molar-refractivity contribution in [1.29, 1.82) is 0 Å². The summed E-state index contributed by atoms with van der Waals surface area (Å²) in [6, 6.07) is 10.5. The molecule has 0 amide bonds. The third kappa shape index (κ3) is 2.96. The van der Waals surface area contributed by atoms with Gasteiger partial charge in [-0.2, -0.15) is 0 Å². The first kappa shape index (κ1) is 17.3. The number of ether oxygens (including phenoxy) is 1. The fourth-order valence-electron chi connectivity index (χ4n) is 4.22. The lowest BCUT2D eigenvalue weighted by molar-refractivity contribution is 0.0528. The summed E-state index contributed by atoms with van der Waals surface area (Å²) >= 11 is 1.74. The summed E-state index contributed by atoms with van der Waals surface area (Å²) in [5.41, 5.74) is 5.47. The first-order valence-corrected chi connectivity index (χ1v) is 10.4. The molecule has 1 saturated carbocycles. The summed E-state index contributed by atoms with van der Waals surface area (Å²) in [6.45, 7) is 4.28. The van der Waals surface area contributed by atoms with Crippen LogP contribution >= 0.6 is 11.3 Å². The molecule has 26 heavy (non-hydrogen) atoms. The van der Waals surface area contributed by atoms with Gasteiger partial charge in [0, 0.05) is 4.88 Å². The van der Waals surface area contributed by atoms with Crippen LogP contribution in [0.15, 0.2) is 30.3 Å². The van der Waals surface area contributed by atoms with E-state index in [0.717, 1.165) is 10.4 Å². The van der Waals surface area contributed by atoms with Gasteiger partial charge in [-0.15, -0.1) is 11.3 Å². The molecule has 0 bridgehead atoms. The van der Waals surface area contributed by atoms with Crippen LogP contribution in [-0.4, -0.2) is 17.6 Å². The number of benzene rings is 1.